The van der Waals surface area contributed by atoms with Crippen LogP contribution in [0.25, 0.3) is 11.1 Å². The molecular weight excluding hydrogens is 389 g/mol. The number of phenols is 1. The molecule has 3 heteroatoms. The Morgan fingerprint density at radius 2 is 1.89 bits per heavy atom. The summed E-state index contributed by atoms with van der Waals surface area (Å²) >= 11 is 0. The van der Waals surface area contributed by atoms with Crippen molar-refractivity contribution in [1.82, 2.24) is 0 Å². The molecule has 19 heavy (non-hydrogen) atoms. The predicted octanol–water partition coefficient (Wildman–Crippen LogP) is 3.80. The molecule has 0 fully saturated rings. The minimum absolute atomic E-state index is 0. The first-order chi connectivity index (χ1) is 8.47. The molecule has 1 radical (unpaired) electrons. The Morgan fingerprint density at radius 3 is 2.63 bits per heavy atom. The van der Waals surface area contributed by atoms with Gasteiger partial charge in [0, 0.05) is 49.1 Å². The van der Waals surface area contributed by atoms with Crippen LogP contribution in [-0.2, 0) is 5.60 Å². The van der Waals surface area contributed by atoms with Gasteiger partial charge in [0.1, 0.15) is 11.4 Å². The third-order valence-electron chi connectivity index (χ3n) is 3.36. The van der Waals surface area contributed by atoms with E-state index in [0.717, 1.165) is 28.0 Å². The van der Waals surface area contributed by atoms with E-state index < -0.39 is 5.60 Å². The average molecular weight is 404 g/mol. The zero-order valence-corrected chi connectivity index (χ0v) is 13.0. The van der Waals surface area contributed by atoms with Gasteiger partial charge in [0.2, 0.25) is 0 Å². The number of benzene rings is 2. The van der Waals surface area contributed by atoms with Gasteiger partial charge >= 0.3 is 0 Å². The fraction of sp³-hybridized carbons (Fsp3) is 0.250. The maximum absolute atomic E-state index is 9.66. The van der Waals surface area contributed by atoms with Crippen molar-refractivity contribution in [2.45, 2.75) is 26.4 Å². The van der Waals surface area contributed by atoms with Gasteiger partial charge in [-0.1, -0.05) is 18.6 Å². The number of fused-ring (bicyclic) bond motifs is 3. The van der Waals surface area contributed by atoms with Crippen molar-refractivity contribution in [3.8, 4) is 22.6 Å². The summed E-state index contributed by atoms with van der Waals surface area (Å²) in [4.78, 5) is 0. The summed E-state index contributed by atoms with van der Waals surface area (Å²) in [6, 6.07) is 12.6. The maximum atomic E-state index is 9.66. The molecule has 1 aliphatic rings. The maximum Gasteiger partial charge on any atom is 0.116 e. The van der Waals surface area contributed by atoms with Crippen molar-refractivity contribution in [2.24, 2.45) is 0 Å². The van der Waals surface area contributed by atoms with Crippen LogP contribution in [0.1, 0.15) is 25.0 Å². The second-order valence-electron chi connectivity index (χ2n) is 5.24. The van der Waals surface area contributed by atoms with E-state index in [9.17, 15) is 5.11 Å². The summed E-state index contributed by atoms with van der Waals surface area (Å²) in [7, 11) is 0. The van der Waals surface area contributed by atoms with Crippen molar-refractivity contribution in [3.05, 3.63) is 47.5 Å². The van der Waals surface area contributed by atoms with Crippen molar-refractivity contribution in [2.75, 3.05) is 0 Å². The van der Waals surface area contributed by atoms with E-state index in [1.807, 2.05) is 32.9 Å². The van der Waals surface area contributed by atoms with Crippen LogP contribution in [0.3, 0.4) is 0 Å². The van der Waals surface area contributed by atoms with Crippen molar-refractivity contribution in [3.63, 3.8) is 0 Å². The van der Waals surface area contributed by atoms with Gasteiger partial charge in [-0.25, -0.2) is 0 Å². The summed E-state index contributed by atoms with van der Waals surface area (Å²) in [6.45, 7) is 6.03. The number of hydrogen-bond donors (Lipinski definition) is 1. The smallest absolute Gasteiger partial charge is 0.116 e. The van der Waals surface area contributed by atoms with Gasteiger partial charge in [-0.15, -0.1) is 6.07 Å². The van der Waals surface area contributed by atoms with Crippen molar-refractivity contribution in [1.29, 1.82) is 0 Å². The Kier molecular flexibility index (Phi) is 3.87. The van der Waals surface area contributed by atoms with Crippen LogP contribution in [0.4, 0.5) is 0 Å². The molecule has 0 aliphatic carbocycles. The fourth-order valence-electron chi connectivity index (χ4n) is 2.48. The summed E-state index contributed by atoms with van der Waals surface area (Å²) < 4.78 is 6.01. The van der Waals surface area contributed by atoms with Gasteiger partial charge in [-0.05, 0) is 31.5 Å². The molecule has 0 bridgehead atoms. The minimum Gasteiger partial charge on any atom is -0.542 e. The molecule has 0 amide bonds. The molecule has 0 unspecified atom stereocenters. The third-order valence-corrected chi connectivity index (χ3v) is 3.36. The van der Waals surface area contributed by atoms with Gasteiger partial charge in [-0.3, -0.25) is 0 Å². The first-order valence-electron chi connectivity index (χ1n) is 6.02. The van der Waals surface area contributed by atoms with Crippen molar-refractivity contribution < 1.29 is 47.6 Å². The minimum atomic E-state index is -0.440. The van der Waals surface area contributed by atoms with Crippen LogP contribution < -0.4 is 4.74 Å². The van der Waals surface area contributed by atoms with E-state index in [1.165, 1.54) is 0 Å². The Hall–Kier alpha value is -0.700. The summed E-state index contributed by atoms with van der Waals surface area (Å²) in [5, 5.41) is 9.66. The number of aryl methyl sites for hydroxylation is 1. The fourth-order valence-corrected chi connectivity index (χ4v) is 2.48. The Bertz CT molecular complexity index is 633. The second-order valence-corrected chi connectivity index (χ2v) is 5.24. The number of ether oxygens (including phenoxy) is 1. The molecule has 0 atom stereocenters. The monoisotopic (exact) mass is 404 g/mol. The van der Waals surface area contributed by atoms with Crippen LogP contribution in [0, 0.1) is 50.7 Å². The van der Waals surface area contributed by atoms with E-state index in [-0.39, 0.29) is 43.5 Å². The number of aromatic hydroxyl groups is 1. The van der Waals surface area contributed by atoms with E-state index in [2.05, 4.69) is 12.1 Å². The number of phenolic OH excluding ortho intramolecular Hbond substituents is 1. The topological polar surface area (TPSA) is 29.5 Å². The van der Waals surface area contributed by atoms with Crippen LogP contribution in [0.15, 0.2) is 30.3 Å². The second kappa shape index (κ2) is 5.01. The van der Waals surface area contributed by atoms with Gasteiger partial charge < -0.3 is 9.84 Å². The standard InChI is InChI=1S/C16H15O2.Ho/c1-10-4-7-15-13(8-10)12-6-5-11(17)9-14(12)16(2,3)18-15;/h5-9,17H,1-3H3;/q-1;. The quantitative estimate of drug-likeness (QED) is 0.535. The Labute approximate surface area is 143 Å². The summed E-state index contributed by atoms with van der Waals surface area (Å²) in [5.74, 6) is 1.12. The van der Waals surface area contributed by atoms with E-state index in [1.54, 1.807) is 12.1 Å². The first-order valence-corrected chi connectivity index (χ1v) is 6.02. The predicted molar refractivity (Wildman–Crippen MR) is 70.8 cm³/mol. The molecule has 1 aliphatic heterocycles. The summed E-state index contributed by atoms with van der Waals surface area (Å²) in [6.07, 6.45) is 0. The van der Waals surface area contributed by atoms with E-state index in [4.69, 9.17) is 4.74 Å². The number of rotatable bonds is 0. The molecule has 2 aromatic carbocycles. The van der Waals surface area contributed by atoms with E-state index in [0.29, 0.717) is 0 Å². The molecule has 2 aromatic rings. The molecule has 3 rings (SSSR count). The zero-order valence-electron chi connectivity index (χ0n) is 11.0. The molecule has 0 saturated heterocycles. The molecular formula is C16H15HoO2-. The van der Waals surface area contributed by atoms with Gasteiger partial charge in [0.05, 0.1) is 0 Å². The van der Waals surface area contributed by atoms with Crippen LogP contribution in [-0.4, -0.2) is 5.11 Å². The van der Waals surface area contributed by atoms with Crippen LogP contribution >= 0.6 is 0 Å². The van der Waals surface area contributed by atoms with Crippen LogP contribution in [0.5, 0.6) is 11.5 Å². The Morgan fingerprint density at radius 1 is 1.16 bits per heavy atom. The van der Waals surface area contributed by atoms with Crippen molar-refractivity contribution >= 4 is 0 Å². The molecule has 0 aromatic heterocycles. The molecule has 0 saturated carbocycles. The summed E-state index contributed by atoms with van der Waals surface area (Å²) in [5.41, 5.74) is 3.85. The molecule has 2 nitrogen and oxygen atoms in total. The Balaban J connectivity index is 0.00000133. The zero-order chi connectivity index (χ0) is 12.9. The average Bonchev–Trinajstić information content (AvgIpc) is 2.30. The van der Waals surface area contributed by atoms with Crippen LogP contribution in [0.2, 0.25) is 0 Å². The van der Waals surface area contributed by atoms with Gasteiger partial charge in [0.15, 0.2) is 0 Å². The molecule has 103 valence electrons. The van der Waals surface area contributed by atoms with Gasteiger partial charge in [0.25, 0.3) is 0 Å². The SMILES string of the molecule is Cc1[c-]cc2c(c1)-c1ccc(O)cc1C(C)(C)O2.[Ho]. The number of hydrogen-bond acceptors (Lipinski definition) is 2. The molecule has 1 N–H and O–H groups in total. The van der Waals surface area contributed by atoms with Gasteiger partial charge in [-0.2, -0.15) is 17.7 Å². The molecule has 1 heterocycles. The largest absolute Gasteiger partial charge is 0.542 e. The first kappa shape index (κ1) is 14.7. The normalized spacial score (nSPS) is 14.7. The third kappa shape index (κ3) is 2.49. The molecule has 0 spiro atoms. The van der Waals surface area contributed by atoms with E-state index >= 15 is 0 Å².